The monoisotopic (exact) mass is 226 g/mol. The van der Waals surface area contributed by atoms with Crippen LogP contribution in [0.3, 0.4) is 0 Å². The number of carbonyl (C=O) groups is 2. The predicted molar refractivity (Wildman–Crippen MR) is 54.7 cm³/mol. The Kier molecular flexibility index (Phi) is 4.40. The van der Waals surface area contributed by atoms with Gasteiger partial charge in [0.05, 0.1) is 11.9 Å². The minimum absolute atomic E-state index is 0.0109. The SMILES string of the molecule is CNCc1cn(CC(=O)NNC(C)=O)nn1. The molecule has 8 heteroatoms. The van der Waals surface area contributed by atoms with Crippen molar-refractivity contribution in [2.45, 2.75) is 20.0 Å². The van der Waals surface area contributed by atoms with Crippen molar-refractivity contribution in [3.05, 3.63) is 11.9 Å². The third-order valence-corrected chi connectivity index (χ3v) is 1.63. The van der Waals surface area contributed by atoms with Gasteiger partial charge in [-0.15, -0.1) is 5.10 Å². The van der Waals surface area contributed by atoms with Crippen LogP contribution < -0.4 is 16.2 Å². The van der Waals surface area contributed by atoms with Crippen molar-refractivity contribution >= 4 is 11.8 Å². The molecule has 0 bridgehead atoms. The molecule has 2 amide bonds. The van der Waals surface area contributed by atoms with Crippen molar-refractivity contribution in [2.75, 3.05) is 7.05 Å². The lowest BCUT2D eigenvalue weighted by atomic mass is 10.5. The Labute approximate surface area is 92.4 Å². The van der Waals surface area contributed by atoms with E-state index in [1.807, 2.05) is 0 Å². The molecule has 0 unspecified atom stereocenters. The van der Waals surface area contributed by atoms with E-state index in [9.17, 15) is 9.59 Å². The number of nitrogens with one attached hydrogen (secondary N) is 3. The van der Waals surface area contributed by atoms with Crippen LogP contribution in [0, 0.1) is 0 Å². The molecule has 1 aromatic heterocycles. The van der Waals surface area contributed by atoms with Gasteiger partial charge in [0.15, 0.2) is 0 Å². The Balaban J connectivity index is 2.40. The Morgan fingerprint density at radius 2 is 2.19 bits per heavy atom. The van der Waals surface area contributed by atoms with Crippen LogP contribution in [0.15, 0.2) is 6.20 Å². The second-order valence-electron chi connectivity index (χ2n) is 3.17. The van der Waals surface area contributed by atoms with Gasteiger partial charge >= 0.3 is 0 Å². The summed E-state index contributed by atoms with van der Waals surface area (Å²) >= 11 is 0. The molecule has 0 saturated carbocycles. The minimum atomic E-state index is -0.365. The highest BCUT2D eigenvalue weighted by molar-refractivity contribution is 5.80. The molecule has 16 heavy (non-hydrogen) atoms. The molecule has 0 aromatic carbocycles. The summed E-state index contributed by atoms with van der Waals surface area (Å²) in [7, 11) is 1.79. The highest BCUT2D eigenvalue weighted by Gasteiger charge is 2.05. The van der Waals surface area contributed by atoms with E-state index in [0.717, 1.165) is 5.69 Å². The topological polar surface area (TPSA) is 101 Å². The molecule has 0 spiro atoms. The highest BCUT2D eigenvalue weighted by Crippen LogP contribution is 1.91. The van der Waals surface area contributed by atoms with Gasteiger partial charge in [-0.05, 0) is 7.05 Å². The lowest BCUT2D eigenvalue weighted by Gasteiger charge is -2.03. The van der Waals surface area contributed by atoms with E-state index in [2.05, 4.69) is 26.5 Å². The summed E-state index contributed by atoms with van der Waals surface area (Å²) in [4.78, 5) is 21.8. The van der Waals surface area contributed by atoms with Crippen molar-refractivity contribution in [1.29, 1.82) is 0 Å². The van der Waals surface area contributed by atoms with Crippen LogP contribution >= 0.6 is 0 Å². The van der Waals surface area contributed by atoms with Crippen molar-refractivity contribution in [3.8, 4) is 0 Å². The fraction of sp³-hybridized carbons (Fsp3) is 0.500. The smallest absolute Gasteiger partial charge is 0.260 e. The molecular weight excluding hydrogens is 212 g/mol. The first-order chi connectivity index (χ1) is 7.61. The average Bonchev–Trinajstić information content (AvgIpc) is 2.63. The summed E-state index contributed by atoms with van der Waals surface area (Å²) < 4.78 is 1.39. The van der Waals surface area contributed by atoms with Gasteiger partial charge in [0.25, 0.3) is 5.91 Å². The summed E-state index contributed by atoms with van der Waals surface area (Å²) in [5, 5.41) is 10.5. The molecule has 1 rings (SSSR count). The van der Waals surface area contributed by atoms with Crippen LogP contribution in [-0.2, 0) is 22.7 Å². The van der Waals surface area contributed by atoms with Gasteiger partial charge in [-0.2, -0.15) is 0 Å². The van der Waals surface area contributed by atoms with E-state index >= 15 is 0 Å². The van der Waals surface area contributed by atoms with Crippen molar-refractivity contribution in [2.24, 2.45) is 0 Å². The zero-order valence-electron chi connectivity index (χ0n) is 9.15. The predicted octanol–water partition coefficient (Wildman–Crippen LogP) is -1.84. The van der Waals surface area contributed by atoms with Gasteiger partial charge in [-0.3, -0.25) is 20.4 Å². The molecule has 0 fully saturated rings. The van der Waals surface area contributed by atoms with Gasteiger partial charge in [0, 0.05) is 13.5 Å². The fourth-order valence-corrected chi connectivity index (χ4v) is 1.02. The van der Waals surface area contributed by atoms with Crippen molar-refractivity contribution in [1.82, 2.24) is 31.2 Å². The number of hydrogen-bond acceptors (Lipinski definition) is 5. The molecule has 1 heterocycles. The van der Waals surface area contributed by atoms with Crippen LogP contribution in [0.2, 0.25) is 0 Å². The zero-order valence-corrected chi connectivity index (χ0v) is 9.15. The Morgan fingerprint density at radius 3 is 2.81 bits per heavy atom. The van der Waals surface area contributed by atoms with Crippen molar-refractivity contribution in [3.63, 3.8) is 0 Å². The maximum atomic E-state index is 11.3. The maximum absolute atomic E-state index is 11.3. The Hall–Kier alpha value is -1.96. The maximum Gasteiger partial charge on any atom is 0.260 e. The summed E-state index contributed by atoms with van der Waals surface area (Å²) in [5.74, 6) is -0.695. The third-order valence-electron chi connectivity index (χ3n) is 1.63. The van der Waals surface area contributed by atoms with Gasteiger partial charge in [-0.1, -0.05) is 5.21 Å². The van der Waals surface area contributed by atoms with Gasteiger partial charge in [0.1, 0.15) is 6.54 Å². The van der Waals surface area contributed by atoms with E-state index in [4.69, 9.17) is 0 Å². The number of nitrogens with zero attached hydrogens (tertiary/aromatic N) is 3. The number of aromatic nitrogens is 3. The van der Waals surface area contributed by atoms with Crippen LogP contribution in [0.1, 0.15) is 12.6 Å². The molecule has 88 valence electrons. The van der Waals surface area contributed by atoms with Gasteiger partial charge in [0.2, 0.25) is 5.91 Å². The molecule has 8 nitrogen and oxygen atoms in total. The molecular formula is C8H14N6O2. The average molecular weight is 226 g/mol. The minimum Gasteiger partial charge on any atom is -0.314 e. The number of amides is 2. The van der Waals surface area contributed by atoms with E-state index in [-0.39, 0.29) is 18.4 Å². The summed E-state index contributed by atoms with van der Waals surface area (Å²) in [6.45, 7) is 1.91. The Morgan fingerprint density at radius 1 is 1.44 bits per heavy atom. The van der Waals surface area contributed by atoms with E-state index < -0.39 is 0 Å². The molecule has 3 N–H and O–H groups in total. The summed E-state index contributed by atoms with van der Waals surface area (Å²) in [6.07, 6.45) is 1.66. The molecule has 0 aliphatic carbocycles. The highest BCUT2D eigenvalue weighted by atomic mass is 16.2. The second-order valence-corrected chi connectivity index (χ2v) is 3.17. The van der Waals surface area contributed by atoms with E-state index in [0.29, 0.717) is 6.54 Å². The lowest BCUT2D eigenvalue weighted by molar-refractivity contribution is -0.128. The van der Waals surface area contributed by atoms with Crippen LogP contribution in [0.4, 0.5) is 0 Å². The number of carbonyl (C=O) groups excluding carboxylic acids is 2. The normalized spacial score (nSPS) is 9.88. The van der Waals surface area contributed by atoms with E-state index in [1.165, 1.54) is 11.6 Å². The number of hydrazine groups is 1. The largest absolute Gasteiger partial charge is 0.314 e. The van der Waals surface area contributed by atoms with Crippen LogP contribution in [0.5, 0.6) is 0 Å². The molecule has 1 aromatic rings. The first kappa shape index (κ1) is 12.1. The molecule has 0 atom stereocenters. The molecule has 0 aliphatic heterocycles. The second kappa shape index (κ2) is 5.81. The van der Waals surface area contributed by atoms with E-state index in [1.54, 1.807) is 13.2 Å². The third kappa shape index (κ3) is 4.05. The quantitative estimate of drug-likeness (QED) is 0.524. The van der Waals surface area contributed by atoms with Crippen LogP contribution in [-0.4, -0.2) is 33.9 Å². The first-order valence-corrected chi connectivity index (χ1v) is 4.71. The Bertz CT molecular complexity index is 374. The molecule has 0 radical (unpaired) electrons. The van der Waals surface area contributed by atoms with Gasteiger partial charge < -0.3 is 5.32 Å². The number of rotatable bonds is 4. The zero-order chi connectivity index (χ0) is 12.0. The first-order valence-electron chi connectivity index (χ1n) is 4.71. The fourth-order valence-electron chi connectivity index (χ4n) is 1.02. The van der Waals surface area contributed by atoms with Crippen LogP contribution in [0.25, 0.3) is 0 Å². The summed E-state index contributed by atoms with van der Waals surface area (Å²) in [6, 6.07) is 0. The lowest BCUT2D eigenvalue weighted by Crippen LogP contribution is -2.42. The van der Waals surface area contributed by atoms with Crippen molar-refractivity contribution < 1.29 is 9.59 Å². The molecule has 0 aliphatic rings. The standard InChI is InChI=1S/C8H14N6O2/c1-6(15)10-12-8(16)5-14-4-7(3-9-2)11-13-14/h4,9H,3,5H2,1-2H3,(H,10,15)(H,12,16). The molecule has 0 saturated heterocycles. The van der Waals surface area contributed by atoms with Gasteiger partial charge in [-0.25, -0.2) is 4.68 Å². The number of hydrogen-bond donors (Lipinski definition) is 3. The summed E-state index contributed by atoms with van der Waals surface area (Å²) in [5.41, 5.74) is 5.16.